The van der Waals surface area contributed by atoms with Gasteiger partial charge in [-0.1, -0.05) is 12.1 Å². The summed E-state index contributed by atoms with van der Waals surface area (Å²) in [5.74, 6) is 0.961. The van der Waals surface area contributed by atoms with E-state index in [1.807, 2.05) is 28.3 Å². The molecule has 0 bridgehead atoms. The lowest BCUT2D eigenvalue weighted by molar-refractivity contribution is 0.183. The van der Waals surface area contributed by atoms with Gasteiger partial charge >= 0.3 is 0 Å². The molecule has 7 nitrogen and oxygen atoms in total. The highest BCUT2D eigenvalue weighted by Crippen LogP contribution is 2.28. The van der Waals surface area contributed by atoms with Gasteiger partial charge < -0.3 is 18.9 Å². The van der Waals surface area contributed by atoms with E-state index in [0.29, 0.717) is 13.2 Å². The first-order valence-electron chi connectivity index (χ1n) is 9.03. The number of aromatic nitrogens is 3. The zero-order valence-corrected chi connectivity index (χ0v) is 16.3. The quantitative estimate of drug-likeness (QED) is 0.658. The second kappa shape index (κ2) is 9.16. The van der Waals surface area contributed by atoms with Crippen LogP contribution in [0.5, 0.6) is 5.75 Å². The van der Waals surface area contributed by atoms with Gasteiger partial charge in [-0.3, -0.25) is 4.90 Å². The molecule has 8 heteroatoms. The highest BCUT2D eigenvalue weighted by molar-refractivity contribution is 7.71. The predicted molar refractivity (Wildman–Crippen MR) is 104 cm³/mol. The molecule has 3 rings (SSSR count). The van der Waals surface area contributed by atoms with Crippen molar-refractivity contribution in [2.45, 2.75) is 20.1 Å². The molecular weight excluding hydrogens is 350 g/mol. The van der Waals surface area contributed by atoms with Crippen molar-refractivity contribution < 1.29 is 9.47 Å². The third-order valence-corrected chi connectivity index (χ3v) is 4.99. The second-order valence-corrected chi connectivity index (χ2v) is 6.61. The second-order valence-electron chi connectivity index (χ2n) is 6.25. The molecule has 0 amide bonds. The summed E-state index contributed by atoms with van der Waals surface area (Å²) >= 11 is 5.51. The highest BCUT2D eigenvalue weighted by atomic mass is 32.1. The standard InChI is InChI=1S/C18H27N5O2S/c1-3-25-17-7-5-4-6-16(17)21-10-8-20(9-11-21)15-23-18(26)22(14-19-23)12-13-24-2/h4-7,14H,3,8-13,15H2,1-2H3. The topological polar surface area (TPSA) is 47.7 Å². The molecule has 1 saturated heterocycles. The molecule has 2 aromatic rings. The number of methoxy groups -OCH3 is 1. The number of ether oxygens (including phenoxy) is 2. The summed E-state index contributed by atoms with van der Waals surface area (Å²) in [5, 5.41) is 4.42. The van der Waals surface area contributed by atoms with E-state index in [4.69, 9.17) is 21.7 Å². The molecule has 0 radical (unpaired) electrons. The zero-order chi connectivity index (χ0) is 18.4. The molecule has 142 valence electrons. The van der Waals surface area contributed by atoms with Crippen LogP contribution in [-0.4, -0.2) is 65.8 Å². The van der Waals surface area contributed by atoms with Gasteiger partial charge in [0.05, 0.1) is 25.6 Å². The van der Waals surface area contributed by atoms with E-state index in [0.717, 1.165) is 49.9 Å². The first kappa shape index (κ1) is 18.9. The Kier molecular flexibility index (Phi) is 6.65. The van der Waals surface area contributed by atoms with Crippen LogP contribution in [0.15, 0.2) is 30.6 Å². The molecule has 0 aliphatic carbocycles. The summed E-state index contributed by atoms with van der Waals surface area (Å²) in [6, 6.07) is 8.26. The lowest BCUT2D eigenvalue weighted by Crippen LogP contribution is -2.47. The Morgan fingerprint density at radius 1 is 1.15 bits per heavy atom. The molecule has 1 fully saturated rings. The van der Waals surface area contributed by atoms with Gasteiger partial charge in [0.25, 0.3) is 0 Å². The van der Waals surface area contributed by atoms with Crippen molar-refractivity contribution in [3.63, 3.8) is 0 Å². The Balaban J connectivity index is 1.58. The van der Waals surface area contributed by atoms with Crippen LogP contribution in [0, 0.1) is 4.77 Å². The van der Waals surface area contributed by atoms with Crippen molar-refractivity contribution in [2.24, 2.45) is 0 Å². The number of para-hydroxylation sites is 2. The first-order chi connectivity index (χ1) is 12.7. The van der Waals surface area contributed by atoms with Gasteiger partial charge in [0.15, 0.2) is 4.77 Å². The van der Waals surface area contributed by atoms with E-state index in [1.165, 1.54) is 5.69 Å². The van der Waals surface area contributed by atoms with Crippen LogP contribution in [0.4, 0.5) is 5.69 Å². The fraction of sp³-hybridized carbons (Fsp3) is 0.556. The maximum absolute atomic E-state index is 5.77. The molecule has 0 N–H and O–H groups in total. The van der Waals surface area contributed by atoms with Crippen LogP contribution in [0.25, 0.3) is 0 Å². The Bertz CT molecular complexity index is 752. The molecule has 1 aromatic heterocycles. The number of nitrogens with zero attached hydrogens (tertiary/aromatic N) is 5. The number of rotatable bonds is 8. The van der Waals surface area contributed by atoms with Crippen LogP contribution in [0.1, 0.15) is 6.92 Å². The normalized spacial score (nSPS) is 15.4. The fourth-order valence-electron chi connectivity index (χ4n) is 3.13. The minimum Gasteiger partial charge on any atom is -0.492 e. The van der Waals surface area contributed by atoms with Gasteiger partial charge in [-0.2, -0.15) is 5.10 Å². The van der Waals surface area contributed by atoms with E-state index in [1.54, 1.807) is 13.4 Å². The van der Waals surface area contributed by atoms with Crippen LogP contribution in [0.3, 0.4) is 0 Å². The molecule has 1 aromatic carbocycles. The van der Waals surface area contributed by atoms with E-state index in [-0.39, 0.29) is 0 Å². The molecule has 0 atom stereocenters. The number of hydrogen-bond acceptors (Lipinski definition) is 6. The number of benzene rings is 1. The summed E-state index contributed by atoms with van der Waals surface area (Å²) in [5.41, 5.74) is 1.18. The SMILES string of the molecule is CCOc1ccccc1N1CCN(Cn2ncn(CCOC)c2=S)CC1. The fourth-order valence-corrected chi connectivity index (χ4v) is 3.37. The van der Waals surface area contributed by atoms with Gasteiger partial charge in [0, 0.05) is 39.8 Å². The zero-order valence-electron chi connectivity index (χ0n) is 15.5. The van der Waals surface area contributed by atoms with Crippen LogP contribution in [0.2, 0.25) is 0 Å². The molecule has 26 heavy (non-hydrogen) atoms. The number of hydrogen-bond donors (Lipinski definition) is 0. The molecule has 0 unspecified atom stereocenters. The minimum atomic E-state index is 0.637. The maximum Gasteiger partial charge on any atom is 0.198 e. The summed E-state index contributed by atoms with van der Waals surface area (Å²) in [7, 11) is 1.69. The van der Waals surface area contributed by atoms with Crippen LogP contribution in [-0.2, 0) is 18.0 Å². The van der Waals surface area contributed by atoms with Gasteiger partial charge in [-0.05, 0) is 31.3 Å². The van der Waals surface area contributed by atoms with E-state index >= 15 is 0 Å². The van der Waals surface area contributed by atoms with Crippen molar-refractivity contribution in [3.8, 4) is 5.75 Å². The average molecular weight is 378 g/mol. The maximum atomic E-state index is 5.77. The predicted octanol–water partition coefficient (Wildman–Crippen LogP) is 2.24. The van der Waals surface area contributed by atoms with Gasteiger partial charge in [0.2, 0.25) is 0 Å². The number of anilines is 1. The molecule has 1 aliphatic heterocycles. The Morgan fingerprint density at radius 2 is 1.92 bits per heavy atom. The van der Waals surface area contributed by atoms with Crippen LogP contribution >= 0.6 is 12.2 Å². The third-order valence-electron chi connectivity index (χ3n) is 4.55. The lowest BCUT2D eigenvalue weighted by Gasteiger charge is -2.36. The highest BCUT2D eigenvalue weighted by Gasteiger charge is 2.20. The van der Waals surface area contributed by atoms with Gasteiger partial charge in [-0.25, -0.2) is 4.68 Å². The average Bonchev–Trinajstić information content (AvgIpc) is 3.01. The summed E-state index contributed by atoms with van der Waals surface area (Å²) in [4.78, 5) is 4.77. The Morgan fingerprint density at radius 3 is 2.65 bits per heavy atom. The van der Waals surface area contributed by atoms with Crippen molar-refractivity contribution >= 4 is 17.9 Å². The van der Waals surface area contributed by atoms with Crippen molar-refractivity contribution in [1.29, 1.82) is 0 Å². The van der Waals surface area contributed by atoms with E-state index in [2.05, 4.69) is 27.0 Å². The lowest BCUT2D eigenvalue weighted by atomic mass is 10.2. The monoisotopic (exact) mass is 377 g/mol. The smallest absolute Gasteiger partial charge is 0.198 e. The van der Waals surface area contributed by atoms with Crippen molar-refractivity contribution in [3.05, 3.63) is 35.4 Å². The first-order valence-corrected chi connectivity index (χ1v) is 9.44. The molecule has 2 heterocycles. The third kappa shape index (κ3) is 4.44. The van der Waals surface area contributed by atoms with Crippen molar-refractivity contribution in [1.82, 2.24) is 19.2 Å². The summed E-state index contributed by atoms with van der Waals surface area (Å²) in [6.07, 6.45) is 1.79. The minimum absolute atomic E-state index is 0.637. The van der Waals surface area contributed by atoms with E-state index in [9.17, 15) is 0 Å². The Labute approximate surface area is 159 Å². The van der Waals surface area contributed by atoms with Gasteiger partial charge in [0.1, 0.15) is 12.1 Å². The van der Waals surface area contributed by atoms with Crippen molar-refractivity contribution in [2.75, 3.05) is 51.4 Å². The van der Waals surface area contributed by atoms with Crippen LogP contribution < -0.4 is 9.64 Å². The Hall–Kier alpha value is -1.90. The van der Waals surface area contributed by atoms with Gasteiger partial charge in [-0.15, -0.1) is 0 Å². The van der Waals surface area contributed by atoms with E-state index < -0.39 is 0 Å². The molecule has 0 spiro atoms. The molecule has 1 aliphatic rings. The summed E-state index contributed by atoms with van der Waals surface area (Å²) < 4.78 is 15.5. The number of piperazine rings is 1. The molecular formula is C18H27N5O2S. The summed E-state index contributed by atoms with van der Waals surface area (Å²) in [6.45, 7) is 8.64. The largest absolute Gasteiger partial charge is 0.492 e. The molecule has 0 saturated carbocycles.